The summed E-state index contributed by atoms with van der Waals surface area (Å²) >= 11 is 1.70. The first-order valence-electron chi connectivity index (χ1n) is 8.84. The minimum absolute atomic E-state index is 0.828. The van der Waals surface area contributed by atoms with E-state index in [9.17, 15) is 0 Å². The summed E-state index contributed by atoms with van der Waals surface area (Å²) in [5.74, 6) is 1.87. The van der Waals surface area contributed by atoms with Gasteiger partial charge in [0.1, 0.15) is 30.3 Å². The van der Waals surface area contributed by atoms with Crippen molar-refractivity contribution < 1.29 is 9.64 Å². The van der Waals surface area contributed by atoms with Gasteiger partial charge in [-0.05, 0) is 12.5 Å². The molecule has 6 heteroatoms. The number of hydrogen-bond donors (Lipinski definition) is 2. The van der Waals surface area contributed by atoms with E-state index >= 15 is 0 Å². The van der Waals surface area contributed by atoms with Crippen LogP contribution in [-0.2, 0) is 11.3 Å². The normalized spacial score (nSPS) is 15.6. The van der Waals surface area contributed by atoms with E-state index in [-0.39, 0.29) is 0 Å². The summed E-state index contributed by atoms with van der Waals surface area (Å²) in [6, 6.07) is 10.5. The van der Waals surface area contributed by atoms with Crippen molar-refractivity contribution in [2.45, 2.75) is 13.5 Å². The molecule has 0 unspecified atom stereocenters. The number of benzene rings is 1. The van der Waals surface area contributed by atoms with Crippen LogP contribution in [0.15, 0.2) is 35.7 Å². The number of fused-ring (bicyclic) bond motifs is 1. The fraction of sp³-hybridized carbons (Fsp3) is 0.368. The van der Waals surface area contributed by atoms with Gasteiger partial charge in [0.25, 0.3) is 0 Å². The fourth-order valence-corrected chi connectivity index (χ4v) is 4.22. The van der Waals surface area contributed by atoms with Gasteiger partial charge in [0, 0.05) is 17.5 Å². The van der Waals surface area contributed by atoms with E-state index < -0.39 is 0 Å². The van der Waals surface area contributed by atoms with Crippen molar-refractivity contribution in [2.75, 3.05) is 38.2 Å². The molecule has 2 aromatic heterocycles. The van der Waals surface area contributed by atoms with Gasteiger partial charge in [0.05, 0.1) is 18.6 Å². The smallest absolute Gasteiger partial charge is 0.187 e. The maximum Gasteiger partial charge on any atom is 0.187 e. The molecule has 5 nitrogen and oxygen atoms in total. The SMILES string of the molecule is CCNc1nc(C[NH+]2CCOCC2)nc2scc(-c3ccccc3)c12. The Kier molecular flexibility index (Phi) is 4.92. The van der Waals surface area contributed by atoms with Crippen molar-refractivity contribution in [3.05, 3.63) is 41.5 Å². The first-order valence-corrected chi connectivity index (χ1v) is 9.72. The molecule has 1 aromatic carbocycles. The first kappa shape index (κ1) is 16.4. The third-order valence-electron chi connectivity index (χ3n) is 4.52. The predicted molar refractivity (Wildman–Crippen MR) is 102 cm³/mol. The van der Waals surface area contributed by atoms with Crippen LogP contribution < -0.4 is 10.2 Å². The lowest BCUT2D eigenvalue weighted by Crippen LogP contribution is -3.12. The Morgan fingerprint density at radius 2 is 1.96 bits per heavy atom. The van der Waals surface area contributed by atoms with Crippen LogP contribution in [-0.4, -0.2) is 42.8 Å². The molecule has 0 amide bonds. The predicted octanol–water partition coefficient (Wildman–Crippen LogP) is 2.21. The minimum atomic E-state index is 0.828. The third-order valence-corrected chi connectivity index (χ3v) is 5.39. The molecule has 4 rings (SSSR count). The van der Waals surface area contributed by atoms with E-state index in [0.29, 0.717) is 0 Å². The highest BCUT2D eigenvalue weighted by Crippen LogP contribution is 2.36. The molecule has 0 saturated carbocycles. The van der Waals surface area contributed by atoms with E-state index in [4.69, 9.17) is 14.7 Å². The molecule has 0 atom stereocenters. The number of rotatable bonds is 5. The third kappa shape index (κ3) is 3.51. The molecule has 0 bridgehead atoms. The Labute approximate surface area is 151 Å². The second-order valence-electron chi connectivity index (χ2n) is 6.25. The summed E-state index contributed by atoms with van der Waals surface area (Å²) in [4.78, 5) is 12.3. The number of aromatic nitrogens is 2. The molecule has 25 heavy (non-hydrogen) atoms. The van der Waals surface area contributed by atoms with Crippen LogP contribution in [0.3, 0.4) is 0 Å². The highest BCUT2D eigenvalue weighted by molar-refractivity contribution is 7.17. The van der Waals surface area contributed by atoms with Crippen molar-refractivity contribution in [1.29, 1.82) is 0 Å². The Morgan fingerprint density at radius 3 is 2.72 bits per heavy atom. The lowest BCUT2D eigenvalue weighted by atomic mass is 10.1. The monoisotopic (exact) mass is 355 g/mol. The molecule has 0 radical (unpaired) electrons. The molecule has 3 heterocycles. The first-order chi connectivity index (χ1) is 12.3. The lowest BCUT2D eigenvalue weighted by molar-refractivity contribution is -0.922. The largest absolute Gasteiger partial charge is 0.370 e. The zero-order chi connectivity index (χ0) is 17.1. The molecular formula is C19H23N4OS+. The van der Waals surface area contributed by atoms with Crippen molar-refractivity contribution in [1.82, 2.24) is 9.97 Å². The van der Waals surface area contributed by atoms with Gasteiger partial charge in [-0.3, -0.25) is 0 Å². The topological polar surface area (TPSA) is 51.5 Å². The maximum absolute atomic E-state index is 5.45. The molecule has 3 aromatic rings. The molecule has 1 fully saturated rings. The number of ether oxygens (including phenoxy) is 1. The van der Waals surface area contributed by atoms with Gasteiger partial charge in [0.15, 0.2) is 5.82 Å². The van der Waals surface area contributed by atoms with E-state index in [1.165, 1.54) is 16.0 Å². The number of thiophene rings is 1. The lowest BCUT2D eigenvalue weighted by Gasteiger charge is -2.23. The van der Waals surface area contributed by atoms with Crippen molar-refractivity contribution in [2.24, 2.45) is 0 Å². The molecule has 1 aliphatic rings. The zero-order valence-corrected chi connectivity index (χ0v) is 15.2. The summed E-state index contributed by atoms with van der Waals surface area (Å²) in [6.45, 7) is 7.52. The summed E-state index contributed by atoms with van der Waals surface area (Å²) in [5, 5.41) is 6.78. The van der Waals surface area contributed by atoms with E-state index in [0.717, 1.165) is 61.3 Å². The standard InChI is InChI=1S/C19H22N4OS/c1-2-20-18-17-15(14-6-4-3-5-7-14)13-25-19(17)22-16(21-18)12-23-8-10-24-11-9-23/h3-7,13H,2,8-12H2,1H3,(H,20,21,22)/p+1. The number of nitrogens with zero attached hydrogens (tertiary/aromatic N) is 2. The fourth-order valence-electron chi connectivity index (χ4n) is 3.25. The zero-order valence-electron chi connectivity index (χ0n) is 14.4. The number of anilines is 1. The average Bonchev–Trinajstić information content (AvgIpc) is 3.08. The Morgan fingerprint density at radius 1 is 1.16 bits per heavy atom. The molecule has 0 aliphatic carbocycles. The molecule has 1 saturated heterocycles. The van der Waals surface area contributed by atoms with Crippen LogP contribution >= 0.6 is 11.3 Å². The average molecular weight is 355 g/mol. The van der Waals surface area contributed by atoms with Gasteiger partial charge in [-0.1, -0.05) is 30.3 Å². The second kappa shape index (κ2) is 7.47. The van der Waals surface area contributed by atoms with Crippen molar-refractivity contribution in [3.63, 3.8) is 0 Å². The van der Waals surface area contributed by atoms with E-state index in [1.807, 2.05) is 6.07 Å². The van der Waals surface area contributed by atoms with Crippen LogP contribution in [0.5, 0.6) is 0 Å². The highest BCUT2D eigenvalue weighted by atomic mass is 32.1. The van der Waals surface area contributed by atoms with Gasteiger partial charge in [-0.15, -0.1) is 11.3 Å². The minimum Gasteiger partial charge on any atom is -0.370 e. The van der Waals surface area contributed by atoms with Crippen LogP contribution in [0.4, 0.5) is 5.82 Å². The summed E-state index contributed by atoms with van der Waals surface area (Å²) in [7, 11) is 0. The Bertz CT molecular complexity index is 843. The number of nitrogens with one attached hydrogen (secondary N) is 2. The molecule has 2 N–H and O–H groups in total. The van der Waals surface area contributed by atoms with Gasteiger partial charge >= 0.3 is 0 Å². The quantitative estimate of drug-likeness (QED) is 0.737. The Hall–Kier alpha value is -2.02. The van der Waals surface area contributed by atoms with E-state index in [2.05, 4.69) is 41.9 Å². The van der Waals surface area contributed by atoms with Crippen LogP contribution in [0.2, 0.25) is 0 Å². The summed E-state index contributed by atoms with van der Waals surface area (Å²) in [6.07, 6.45) is 0. The molecule has 0 spiro atoms. The van der Waals surface area contributed by atoms with Gasteiger partial charge < -0.3 is 15.0 Å². The van der Waals surface area contributed by atoms with Crippen LogP contribution in [0, 0.1) is 0 Å². The van der Waals surface area contributed by atoms with Crippen LogP contribution in [0.25, 0.3) is 21.3 Å². The van der Waals surface area contributed by atoms with Crippen molar-refractivity contribution >= 4 is 27.4 Å². The number of quaternary nitrogens is 1. The number of morpholine rings is 1. The molecule has 1 aliphatic heterocycles. The molecule has 130 valence electrons. The summed E-state index contributed by atoms with van der Waals surface area (Å²) < 4.78 is 5.45. The number of hydrogen-bond acceptors (Lipinski definition) is 5. The van der Waals surface area contributed by atoms with E-state index in [1.54, 1.807) is 11.3 Å². The molecular weight excluding hydrogens is 332 g/mol. The van der Waals surface area contributed by atoms with Gasteiger partial charge in [-0.25, -0.2) is 9.97 Å². The summed E-state index contributed by atoms with van der Waals surface area (Å²) in [5.41, 5.74) is 2.42. The highest BCUT2D eigenvalue weighted by Gasteiger charge is 2.19. The maximum atomic E-state index is 5.45. The second-order valence-corrected chi connectivity index (χ2v) is 7.11. The van der Waals surface area contributed by atoms with Gasteiger partial charge in [0.2, 0.25) is 0 Å². The van der Waals surface area contributed by atoms with Crippen LogP contribution in [0.1, 0.15) is 12.7 Å². The Balaban J connectivity index is 1.73. The van der Waals surface area contributed by atoms with Crippen molar-refractivity contribution in [3.8, 4) is 11.1 Å². The van der Waals surface area contributed by atoms with Gasteiger partial charge in [-0.2, -0.15) is 0 Å².